The van der Waals surface area contributed by atoms with Crippen molar-refractivity contribution in [3.63, 3.8) is 0 Å². The van der Waals surface area contributed by atoms with Gasteiger partial charge in [-0.1, -0.05) is 47.0 Å². The number of rotatable bonds is 7. The van der Waals surface area contributed by atoms with E-state index in [2.05, 4.69) is 39.9 Å². The third-order valence-electron chi connectivity index (χ3n) is 5.48. The van der Waals surface area contributed by atoms with E-state index in [1.165, 1.54) is 25.7 Å². The average Bonchev–Trinajstić information content (AvgIpc) is 2.35. The number of hydrogen-bond acceptors (Lipinski definition) is 2. The summed E-state index contributed by atoms with van der Waals surface area (Å²) in [5, 5.41) is 13.1. The lowest BCUT2D eigenvalue weighted by molar-refractivity contribution is -0.150. The molecule has 0 spiro atoms. The molecule has 0 aromatic heterocycles. The quantitative estimate of drug-likeness (QED) is 0.692. The average molecular weight is 283 g/mol. The number of hydrogen-bond donors (Lipinski definition) is 2. The van der Waals surface area contributed by atoms with E-state index < -0.39 is 5.97 Å². The summed E-state index contributed by atoms with van der Waals surface area (Å²) in [4.78, 5) is 11.4. The minimum atomic E-state index is -0.628. The lowest BCUT2D eigenvalue weighted by Crippen LogP contribution is -2.52. The van der Waals surface area contributed by atoms with Crippen LogP contribution in [0.5, 0.6) is 0 Å². The molecule has 0 heterocycles. The SMILES string of the molecule is CCCCCC(C)NC1CCC(C(=O)O)C(C)(C)C1C. The number of carboxylic acid groups (broad SMARTS) is 1. The fourth-order valence-electron chi connectivity index (χ4n) is 3.62. The smallest absolute Gasteiger partial charge is 0.307 e. The molecule has 1 aliphatic carbocycles. The van der Waals surface area contributed by atoms with Gasteiger partial charge in [0, 0.05) is 12.1 Å². The van der Waals surface area contributed by atoms with Crippen LogP contribution in [0.15, 0.2) is 0 Å². The van der Waals surface area contributed by atoms with Crippen LogP contribution in [0, 0.1) is 17.3 Å². The first kappa shape index (κ1) is 17.5. The minimum absolute atomic E-state index is 0.134. The molecule has 0 aliphatic heterocycles. The van der Waals surface area contributed by atoms with E-state index >= 15 is 0 Å². The molecule has 118 valence electrons. The van der Waals surface area contributed by atoms with E-state index in [1.54, 1.807) is 0 Å². The Labute approximate surface area is 124 Å². The van der Waals surface area contributed by atoms with Crippen LogP contribution in [0.25, 0.3) is 0 Å². The van der Waals surface area contributed by atoms with Crippen molar-refractivity contribution in [3.8, 4) is 0 Å². The second-order valence-corrected chi connectivity index (χ2v) is 7.25. The molecule has 1 rings (SSSR count). The third kappa shape index (κ3) is 4.21. The zero-order chi connectivity index (χ0) is 15.3. The minimum Gasteiger partial charge on any atom is -0.481 e. The van der Waals surface area contributed by atoms with Crippen molar-refractivity contribution in [2.45, 2.75) is 85.2 Å². The maximum atomic E-state index is 11.4. The van der Waals surface area contributed by atoms with E-state index in [0.29, 0.717) is 18.0 Å². The van der Waals surface area contributed by atoms with Gasteiger partial charge >= 0.3 is 5.97 Å². The lowest BCUT2D eigenvalue weighted by Gasteiger charge is -2.47. The van der Waals surface area contributed by atoms with Crippen molar-refractivity contribution >= 4 is 5.97 Å². The highest BCUT2D eigenvalue weighted by Gasteiger charge is 2.46. The van der Waals surface area contributed by atoms with E-state index in [-0.39, 0.29) is 11.3 Å². The van der Waals surface area contributed by atoms with Gasteiger partial charge in [0.2, 0.25) is 0 Å². The number of nitrogens with one attached hydrogen (secondary N) is 1. The van der Waals surface area contributed by atoms with Crippen molar-refractivity contribution < 1.29 is 9.90 Å². The summed E-state index contributed by atoms with van der Waals surface area (Å²) in [5.41, 5.74) is -0.134. The van der Waals surface area contributed by atoms with Crippen LogP contribution < -0.4 is 5.32 Å². The van der Waals surface area contributed by atoms with Gasteiger partial charge in [-0.2, -0.15) is 0 Å². The van der Waals surface area contributed by atoms with Crippen molar-refractivity contribution in [3.05, 3.63) is 0 Å². The number of unbranched alkanes of at least 4 members (excludes halogenated alkanes) is 2. The Morgan fingerprint density at radius 2 is 2.00 bits per heavy atom. The van der Waals surface area contributed by atoms with Crippen LogP contribution in [-0.2, 0) is 4.79 Å². The highest BCUT2D eigenvalue weighted by molar-refractivity contribution is 5.71. The molecule has 3 nitrogen and oxygen atoms in total. The van der Waals surface area contributed by atoms with Crippen LogP contribution >= 0.6 is 0 Å². The molecule has 0 bridgehead atoms. The molecular weight excluding hydrogens is 250 g/mol. The molecule has 0 aromatic rings. The molecule has 0 saturated heterocycles. The zero-order valence-corrected chi connectivity index (χ0v) is 13.9. The summed E-state index contributed by atoms with van der Waals surface area (Å²) >= 11 is 0. The Hall–Kier alpha value is -0.570. The van der Waals surface area contributed by atoms with Gasteiger partial charge in [-0.25, -0.2) is 0 Å². The topological polar surface area (TPSA) is 49.3 Å². The van der Waals surface area contributed by atoms with E-state index in [1.807, 2.05) is 0 Å². The maximum Gasteiger partial charge on any atom is 0.307 e. The first-order valence-corrected chi connectivity index (χ1v) is 8.29. The zero-order valence-electron chi connectivity index (χ0n) is 13.9. The fourth-order valence-corrected chi connectivity index (χ4v) is 3.62. The van der Waals surface area contributed by atoms with Crippen molar-refractivity contribution in [2.75, 3.05) is 0 Å². The molecule has 0 aromatic carbocycles. The predicted molar refractivity (Wildman–Crippen MR) is 83.8 cm³/mol. The van der Waals surface area contributed by atoms with Gasteiger partial charge in [-0.3, -0.25) is 4.79 Å². The third-order valence-corrected chi connectivity index (χ3v) is 5.48. The number of carbonyl (C=O) groups is 1. The maximum absolute atomic E-state index is 11.4. The van der Waals surface area contributed by atoms with Gasteiger partial charge in [0.15, 0.2) is 0 Å². The van der Waals surface area contributed by atoms with Crippen molar-refractivity contribution in [2.24, 2.45) is 17.3 Å². The summed E-state index contributed by atoms with van der Waals surface area (Å²) < 4.78 is 0. The molecule has 1 saturated carbocycles. The number of aliphatic carboxylic acids is 1. The Balaban J connectivity index is 2.55. The van der Waals surface area contributed by atoms with Crippen LogP contribution in [0.4, 0.5) is 0 Å². The Morgan fingerprint density at radius 3 is 2.55 bits per heavy atom. The summed E-state index contributed by atoms with van der Waals surface area (Å²) in [6, 6.07) is 0.989. The second kappa shape index (κ2) is 7.44. The number of carboxylic acids is 1. The van der Waals surface area contributed by atoms with Gasteiger partial charge in [0.1, 0.15) is 0 Å². The molecular formula is C17H33NO2. The molecule has 1 aliphatic rings. The van der Waals surface area contributed by atoms with Crippen LogP contribution in [0.2, 0.25) is 0 Å². The molecule has 2 N–H and O–H groups in total. The molecule has 20 heavy (non-hydrogen) atoms. The first-order valence-electron chi connectivity index (χ1n) is 8.29. The molecule has 0 radical (unpaired) electrons. The van der Waals surface area contributed by atoms with Gasteiger partial charge in [-0.15, -0.1) is 0 Å². The van der Waals surface area contributed by atoms with Crippen molar-refractivity contribution in [1.82, 2.24) is 5.32 Å². The standard InChI is InChI=1S/C17H33NO2/c1-6-7-8-9-12(2)18-15-11-10-14(16(19)20)17(4,5)13(15)3/h12-15,18H,6-11H2,1-5H3,(H,19,20). The monoisotopic (exact) mass is 283 g/mol. The fraction of sp³-hybridized carbons (Fsp3) is 0.941. The molecule has 3 heteroatoms. The van der Waals surface area contributed by atoms with E-state index in [4.69, 9.17) is 0 Å². The van der Waals surface area contributed by atoms with E-state index in [9.17, 15) is 9.90 Å². The summed E-state index contributed by atoms with van der Waals surface area (Å²) in [6.45, 7) is 10.9. The molecule has 4 unspecified atom stereocenters. The second-order valence-electron chi connectivity index (χ2n) is 7.25. The largest absolute Gasteiger partial charge is 0.481 e. The Kier molecular flexibility index (Phi) is 6.50. The van der Waals surface area contributed by atoms with Gasteiger partial charge < -0.3 is 10.4 Å². The van der Waals surface area contributed by atoms with Crippen LogP contribution in [0.3, 0.4) is 0 Å². The summed E-state index contributed by atoms with van der Waals surface area (Å²) in [6.07, 6.45) is 6.86. The van der Waals surface area contributed by atoms with E-state index in [0.717, 1.165) is 12.8 Å². The molecule has 0 amide bonds. The highest BCUT2D eigenvalue weighted by atomic mass is 16.4. The lowest BCUT2D eigenvalue weighted by atomic mass is 9.61. The first-order chi connectivity index (χ1) is 9.30. The molecule has 1 fully saturated rings. The van der Waals surface area contributed by atoms with Crippen LogP contribution in [-0.4, -0.2) is 23.2 Å². The van der Waals surface area contributed by atoms with Crippen molar-refractivity contribution in [1.29, 1.82) is 0 Å². The normalized spacial score (nSPS) is 30.9. The Bertz CT molecular complexity index is 314. The molecule has 4 atom stereocenters. The van der Waals surface area contributed by atoms with Gasteiger partial charge in [0.05, 0.1) is 5.92 Å². The summed E-state index contributed by atoms with van der Waals surface area (Å²) in [5.74, 6) is -0.437. The van der Waals surface area contributed by atoms with Crippen LogP contribution in [0.1, 0.15) is 73.1 Å². The van der Waals surface area contributed by atoms with Gasteiger partial charge in [0.25, 0.3) is 0 Å². The highest BCUT2D eigenvalue weighted by Crippen LogP contribution is 2.45. The predicted octanol–water partition coefficient (Wildman–Crippen LogP) is 4.07. The van der Waals surface area contributed by atoms with Gasteiger partial charge in [-0.05, 0) is 37.5 Å². The summed E-state index contributed by atoms with van der Waals surface area (Å²) in [7, 11) is 0. The Morgan fingerprint density at radius 1 is 1.35 bits per heavy atom.